The molecule has 0 amide bonds. The van der Waals surface area contributed by atoms with Gasteiger partial charge in [-0.05, 0) is 42.2 Å². The van der Waals surface area contributed by atoms with Crippen molar-refractivity contribution in [1.82, 2.24) is 0 Å². The normalized spacial score (nSPS) is 12.8. The smallest absolute Gasteiger partial charge is 0.191 e. The number of hydrogen-bond donors (Lipinski definition) is 1. The van der Waals surface area contributed by atoms with Gasteiger partial charge in [-0.25, -0.2) is 4.39 Å². The fourth-order valence-electron chi connectivity index (χ4n) is 1.37. The minimum absolute atomic E-state index is 0.198. The van der Waals surface area contributed by atoms with Crippen LogP contribution < -0.4 is 5.73 Å². The first kappa shape index (κ1) is 15.2. The van der Waals surface area contributed by atoms with Crippen LogP contribution in [0.1, 0.15) is 26.3 Å². The molecule has 18 heavy (non-hydrogen) atoms. The lowest BCUT2D eigenvalue weighted by Crippen LogP contribution is -2.41. The highest BCUT2D eigenvalue weighted by Gasteiger charge is 2.36. The molecule has 2 N–H and O–H groups in total. The standard InChI is InChI=1S/C14H24FNOSi/c1-14(2,3)18(4,5)17-9-8-11-6-7-13(16)12(15)10-11/h6-7,10H,8-9,16H2,1-5H3. The van der Waals surface area contributed by atoms with Crippen LogP contribution in [0.15, 0.2) is 18.2 Å². The van der Waals surface area contributed by atoms with Crippen LogP contribution in [0.2, 0.25) is 18.1 Å². The number of halogens is 1. The average Bonchev–Trinajstić information content (AvgIpc) is 2.21. The molecule has 0 saturated heterocycles. The molecule has 0 radical (unpaired) electrons. The summed E-state index contributed by atoms with van der Waals surface area (Å²) in [7, 11) is -1.70. The second-order valence-electron chi connectivity index (χ2n) is 6.21. The molecular weight excluding hydrogens is 245 g/mol. The Labute approximate surface area is 110 Å². The van der Waals surface area contributed by atoms with Gasteiger partial charge in [0.05, 0.1) is 5.69 Å². The summed E-state index contributed by atoms with van der Waals surface area (Å²) in [6, 6.07) is 4.95. The summed E-state index contributed by atoms with van der Waals surface area (Å²) >= 11 is 0. The van der Waals surface area contributed by atoms with Gasteiger partial charge in [0.15, 0.2) is 8.32 Å². The molecule has 0 bridgehead atoms. The van der Waals surface area contributed by atoms with Crippen molar-refractivity contribution in [3.63, 3.8) is 0 Å². The highest BCUT2D eigenvalue weighted by molar-refractivity contribution is 6.74. The van der Waals surface area contributed by atoms with Crippen molar-refractivity contribution >= 4 is 14.0 Å². The van der Waals surface area contributed by atoms with Gasteiger partial charge in [0.2, 0.25) is 0 Å². The Kier molecular flexibility index (Phi) is 4.56. The van der Waals surface area contributed by atoms with Crippen LogP contribution >= 0.6 is 0 Å². The van der Waals surface area contributed by atoms with E-state index in [1.165, 1.54) is 6.07 Å². The van der Waals surface area contributed by atoms with Gasteiger partial charge in [-0.2, -0.15) is 0 Å². The van der Waals surface area contributed by atoms with Gasteiger partial charge in [0.1, 0.15) is 5.82 Å². The van der Waals surface area contributed by atoms with Crippen LogP contribution in [-0.2, 0) is 10.8 Å². The Morgan fingerprint density at radius 3 is 2.39 bits per heavy atom. The van der Waals surface area contributed by atoms with E-state index in [9.17, 15) is 4.39 Å². The molecule has 0 aliphatic carbocycles. The van der Waals surface area contributed by atoms with Crippen molar-refractivity contribution in [2.75, 3.05) is 12.3 Å². The minimum Gasteiger partial charge on any atom is -0.416 e. The highest BCUT2D eigenvalue weighted by atomic mass is 28.4. The zero-order chi connectivity index (χ0) is 14.0. The third-order valence-electron chi connectivity index (χ3n) is 3.72. The van der Waals surface area contributed by atoms with Crippen molar-refractivity contribution in [2.24, 2.45) is 0 Å². The summed E-state index contributed by atoms with van der Waals surface area (Å²) in [6.07, 6.45) is 0.726. The average molecular weight is 269 g/mol. The Bertz CT molecular complexity index is 413. The predicted molar refractivity (Wildman–Crippen MR) is 77.7 cm³/mol. The number of hydrogen-bond acceptors (Lipinski definition) is 2. The van der Waals surface area contributed by atoms with Crippen molar-refractivity contribution in [2.45, 2.75) is 45.3 Å². The quantitative estimate of drug-likeness (QED) is 0.663. The van der Waals surface area contributed by atoms with E-state index in [0.717, 1.165) is 12.0 Å². The largest absolute Gasteiger partial charge is 0.416 e. The summed E-state index contributed by atoms with van der Waals surface area (Å²) in [5.74, 6) is -0.347. The van der Waals surface area contributed by atoms with E-state index < -0.39 is 8.32 Å². The van der Waals surface area contributed by atoms with Crippen molar-refractivity contribution in [1.29, 1.82) is 0 Å². The van der Waals surface area contributed by atoms with Gasteiger partial charge >= 0.3 is 0 Å². The second-order valence-corrected chi connectivity index (χ2v) is 11.0. The molecule has 1 aromatic rings. The molecule has 0 saturated carbocycles. The molecule has 0 heterocycles. The molecule has 0 spiro atoms. The van der Waals surface area contributed by atoms with Gasteiger partial charge in [0, 0.05) is 6.61 Å². The maximum atomic E-state index is 13.3. The molecule has 2 nitrogen and oxygen atoms in total. The fraction of sp³-hybridized carbons (Fsp3) is 0.571. The van der Waals surface area contributed by atoms with Crippen LogP contribution in [0.5, 0.6) is 0 Å². The van der Waals surface area contributed by atoms with Crippen LogP contribution in [0, 0.1) is 5.82 Å². The fourth-order valence-corrected chi connectivity index (χ4v) is 2.41. The molecule has 0 atom stereocenters. The monoisotopic (exact) mass is 269 g/mol. The molecule has 0 fully saturated rings. The first-order valence-corrected chi connectivity index (χ1v) is 9.22. The molecule has 0 aromatic heterocycles. The molecular formula is C14H24FNOSi. The number of rotatable bonds is 4. The summed E-state index contributed by atoms with van der Waals surface area (Å²) in [6.45, 7) is 11.7. The van der Waals surface area contributed by atoms with Gasteiger partial charge in [-0.1, -0.05) is 26.8 Å². The van der Waals surface area contributed by atoms with Gasteiger partial charge in [0.25, 0.3) is 0 Å². The van der Waals surface area contributed by atoms with Gasteiger partial charge in [-0.15, -0.1) is 0 Å². The SMILES string of the molecule is CC(C)(C)[Si](C)(C)OCCc1ccc(N)c(F)c1. The van der Waals surface area contributed by atoms with Crippen molar-refractivity contribution in [3.05, 3.63) is 29.6 Å². The maximum absolute atomic E-state index is 13.3. The lowest BCUT2D eigenvalue weighted by molar-refractivity contribution is 0.292. The zero-order valence-electron chi connectivity index (χ0n) is 12.0. The van der Waals surface area contributed by atoms with Crippen LogP contribution in [0.3, 0.4) is 0 Å². The predicted octanol–water partition coefficient (Wildman–Crippen LogP) is 3.97. The maximum Gasteiger partial charge on any atom is 0.191 e. The van der Waals surface area contributed by atoms with Crippen molar-refractivity contribution in [3.8, 4) is 0 Å². The highest BCUT2D eigenvalue weighted by Crippen LogP contribution is 2.36. The van der Waals surface area contributed by atoms with Crippen LogP contribution in [0.4, 0.5) is 10.1 Å². The Morgan fingerprint density at radius 2 is 1.89 bits per heavy atom. The second kappa shape index (κ2) is 5.41. The Balaban J connectivity index is 2.54. The molecule has 0 aliphatic heterocycles. The van der Waals surface area contributed by atoms with Gasteiger partial charge < -0.3 is 10.2 Å². The molecule has 4 heteroatoms. The van der Waals surface area contributed by atoms with E-state index in [2.05, 4.69) is 33.9 Å². The third kappa shape index (κ3) is 3.82. The minimum atomic E-state index is -1.70. The number of nitrogens with two attached hydrogens (primary N) is 1. The molecule has 1 rings (SSSR count). The van der Waals surface area contributed by atoms with E-state index in [1.54, 1.807) is 6.07 Å². The number of benzene rings is 1. The summed E-state index contributed by atoms with van der Waals surface area (Å²) in [5, 5.41) is 0.208. The van der Waals surface area contributed by atoms with Gasteiger partial charge in [-0.3, -0.25) is 0 Å². The first-order valence-electron chi connectivity index (χ1n) is 6.31. The molecule has 0 unspecified atom stereocenters. The van der Waals surface area contributed by atoms with E-state index in [0.29, 0.717) is 6.61 Å². The van der Waals surface area contributed by atoms with Crippen LogP contribution in [0.25, 0.3) is 0 Å². The Morgan fingerprint density at radius 1 is 1.28 bits per heavy atom. The summed E-state index contributed by atoms with van der Waals surface area (Å²) in [5.41, 5.74) is 6.57. The summed E-state index contributed by atoms with van der Waals surface area (Å²) < 4.78 is 19.3. The number of anilines is 1. The topological polar surface area (TPSA) is 35.2 Å². The lowest BCUT2D eigenvalue weighted by Gasteiger charge is -2.36. The van der Waals surface area contributed by atoms with Crippen LogP contribution in [-0.4, -0.2) is 14.9 Å². The van der Waals surface area contributed by atoms with E-state index in [-0.39, 0.29) is 16.5 Å². The van der Waals surface area contributed by atoms with E-state index in [1.807, 2.05) is 6.07 Å². The zero-order valence-corrected chi connectivity index (χ0v) is 13.0. The molecule has 1 aromatic carbocycles. The number of nitrogen functional groups attached to an aromatic ring is 1. The van der Waals surface area contributed by atoms with Crippen molar-refractivity contribution < 1.29 is 8.82 Å². The van der Waals surface area contributed by atoms with E-state index in [4.69, 9.17) is 10.2 Å². The summed E-state index contributed by atoms with van der Waals surface area (Å²) in [4.78, 5) is 0. The molecule has 102 valence electrons. The Hall–Kier alpha value is -0.873. The lowest BCUT2D eigenvalue weighted by atomic mass is 10.1. The molecule has 0 aliphatic rings. The van der Waals surface area contributed by atoms with E-state index >= 15 is 0 Å². The third-order valence-corrected chi connectivity index (χ3v) is 8.26. The first-order chi connectivity index (χ1) is 8.13.